The molecule has 1 N–H and O–H groups in total. The van der Waals surface area contributed by atoms with Crippen molar-refractivity contribution in [3.63, 3.8) is 0 Å². The molecule has 0 radical (unpaired) electrons. The normalized spacial score (nSPS) is 11.2. The molecule has 146 valence electrons. The Kier molecular flexibility index (Phi) is 4.02. The number of nitrogens with one attached hydrogen (secondary N) is 1. The Morgan fingerprint density at radius 2 is 1.48 bits per heavy atom. The van der Waals surface area contributed by atoms with Crippen molar-refractivity contribution in [1.82, 2.24) is 0 Å². The van der Waals surface area contributed by atoms with E-state index in [1.165, 1.54) is 15.5 Å². The van der Waals surface area contributed by atoms with Gasteiger partial charge in [-0.25, -0.2) is 0 Å². The number of nitrogens with zero attached hydrogens (tertiary/aromatic N) is 1. The van der Waals surface area contributed by atoms with Crippen molar-refractivity contribution in [1.29, 1.82) is 5.26 Å². The molecule has 0 spiro atoms. The number of thiophene rings is 1. The number of hydrogen-bond acceptors (Lipinski definition) is 4. The number of anilines is 2. The van der Waals surface area contributed by atoms with Gasteiger partial charge in [-0.05, 0) is 60.7 Å². The number of nitriles is 1. The highest BCUT2D eigenvalue weighted by Gasteiger charge is 2.08. The molecule has 4 aromatic carbocycles. The third-order valence-corrected chi connectivity index (χ3v) is 6.60. The lowest BCUT2D eigenvalue weighted by molar-refractivity contribution is 0.631. The summed E-state index contributed by atoms with van der Waals surface area (Å²) in [6.07, 6.45) is 0. The predicted octanol–water partition coefficient (Wildman–Crippen LogP) is 8.08. The van der Waals surface area contributed by atoms with Crippen LogP contribution >= 0.6 is 11.3 Å². The highest BCUT2D eigenvalue weighted by atomic mass is 32.1. The lowest BCUT2D eigenvalue weighted by Gasteiger charge is -2.07. The molecule has 0 bridgehead atoms. The Labute approximate surface area is 182 Å². The monoisotopic (exact) mass is 416 g/mol. The van der Waals surface area contributed by atoms with Crippen molar-refractivity contribution >= 4 is 53.9 Å². The van der Waals surface area contributed by atoms with Crippen molar-refractivity contribution < 1.29 is 4.42 Å². The average molecular weight is 417 g/mol. The van der Waals surface area contributed by atoms with Crippen LogP contribution in [0.1, 0.15) is 5.56 Å². The molecule has 0 unspecified atom stereocenters. The number of hydrogen-bond donors (Lipinski definition) is 1. The van der Waals surface area contributed by atoms with Crippen molar-refractivity contribution in [2.75, 3.05) is 5.32 Å². The van der Waals surface area contributed by atoms with Crippen LogP contribution in [-0.4, -0.2) is 0 Å². The summed E-state index contributed by atoms with van der Waals surface area (Å²) in [6.45, 7) is 0. The van der Waals surface area contributed by atoms with E-state index >= 15 is 0 Å². The van der Waals surface area contributed by atoms with Crippen molar-refractivity contribution in [3.05, 3.63) is 96.6 Å². The lowest BCUT2D eigenvalue weighted by Crippen LogP contribution is -1.89. The first-order chi connectivity index (χ1) is 15.3. The highest BCUT2D eigenvalue weighted by Crippen LogP contribution is 2.36. The van der Waals surface area contributed by atoms with E-state index in [9.17, 15) is 0 Å². The number of fused-ring (bicyclic) bond motifs is 4. The summed E-state index contributed by atoms with van der Waals surface area (Å²) >= 11 is 1.71. The first-order valence-corrected chi connectivity index (χ1v) is 10.8. The summed E-state index contributed by atoms with van der Waals surface area (Å²) < 4.78 is 8.31. The largest absolute Gasteiger partial charge is 0.456 e. The highest BCUT2D eigenvalue weighted by molar-refractivity contribution is 7.25. The molecule has 0 saturated heterocycles. The summed E-state index contributed by atoms with van der Waals surface area (Å²) in [6, 6.07) is 32.9. The summed E-state index contributed by atoms with van der Waals surface area (Å²) in [5.41, 5.74) is 4.71. The van der Waals surface area contributed by atoms with E-state index in [1.54, 1.807) is 11.3 Å². The maximum Gasteiger partial charge on any atom is 0.135 e. The Hall–Kier alpha value is -4.07. The van der Waals surface area contributed by atoms with Gasteiger partial charge in [0.1, 0.15) is 11.3 Å². The van der Waals surface area contributed by atoms with E-state index < -0.39 is 0 Å². The molecule has 3 nitrogen and oxygen atoms in total. The zero-order valence-corrected chi connectivity index (χ0v) is 17.2. The Morgan fingerprint density at radius 1 is 0.742 bits per heavy atom. The van der Waals surface area contributed by atoms with E-state index in [0.29, 0.717) is 5.56 Å². The van der Waals surface area contributed by atoms with E-state index in [2.05, 4.69) is 66.0 Å². The summed E-state index contributed by atoms with van der Waals surface area (Å²) in [5, 5.41) is 16.2. The molecule has 6 aromatic rings. The minimum atomic E-state index is 0.696. The Morgan fingerprint density at radius 3 is 2.29 bits per heavy atom. The molecule has 6 rings (SSSR count). The number of rotatable bonds is 3. The molecule has 2 aromatic heterocycles. The molecule has 4 heteroatoms. The second kappa shape index (κ2) is 7.02. The van der Waals surface area contributed by atoms with Gasteiger partial charge in [-0.15, -0.1) is 11.3 Å². The van der Waals surface area contributed by atoms with Gasteiger partial charge in [-0.1, -0.05) is 30.3 Å². The molecule has 0 aliphatic rings. The second-order valence-corrected chi connectivity index (χ2v) is 8.57. The lowest BCUT2D eigenvalue weighted by atomic mass is 10.1. The average Bonchev–Trinajstić information content (AvgIpc) is 3.40. The molecule has 0 aliphatic heterocycles. The zero-order valence-electron chi connectivity index (χ0n) is 16.4. The van der Waals surface area contributed by atoms with E-state index in [-0.39, 0.29) is 0 Å². The van der Waals surface area contributed by atoms with Gasteiger partial charge in [-0.3, -0.25) is 0 Å². The van der Waals surface area contributed by atoms with E-state index in [4.69, 9.17) is 9.68 Å². The first-order valence-electron chi connectivity index (χ1n) is 9.99. The minimum Gasteiger partial charge on any atom is -0.456 e. The summed E-state index contributed by atoms with van der Waals surface area (Å²) in [5.74, 6) is 0.871. The van der Waals surface area contributed by atoms with Crippen LogP contribution in [0.15, 0.2) is 95.4 Å². The molecule has 31 heavy (non-hydrogen) atoms. The van der Waals surface area contributed by atoms with Crippen LogP contribution in [0, 0.1) is 11.3 Å². The fraction of sp³-hybridized carbons (Fsp3) is 0. The van der Waals surface area contributed by atoms with Crippen LogP contribution in [0.3, 0.4) is 0 Å². The Balaban J connectivity index is 1.29. The minimum absolute atomic E-state index is 0.696. The maximum atomic E-state index is 9.15. The van der Waals surface area contributed by atoms with Gasteiger partial charge in [0, 0.05) is 42.5 Å². The number of para-hydroxylation sites is 1. The molecular weight excluding hydrogens is 400 g/mol. The predicted molar refractivity (Wildman–Crippen MR) is 129 cm³/mol. The van der Waals surface area contributed by atoms with Gasteiger partial charge < -0.3 is 9.73 Å². The standard InChI is InChI=1S/C27H16N2OS/c28-16-17-5-11-22-23-12-10-21(15-27(23)31-26(22)13-17)29-20-8-6-18(7-9-20)25-14-19-3-1-2-4-24(19)30-25/h1-15,29H. The van der Waals surface area contributed by atoms with Crippen LogP contribution in [0.4, 0.5) is 11.4 Å². The third-order valence-electron chi connectivity index (χ3n) is 5.49. The quantitative estimate of drug-likeness (QED) is 0.317. The van der Waals surface area contributed by atoms with Gasteiger partial charge in [0.05, 0.1) is 11.6 Å². The van der Waals surface area contributed by atoms with Crippen molar-refractivity contribution in [2.24, 2.45) is 0 Å². The van der Waals surface area contributed by atoms with E-state index in [1.807, 2.05) is 36.4 Å². The topological polar surface area (TPSA) is 49.0 Å². The molecule has 0 amide bonds. The fourth-order valence-electron chi connectivity index (χ4n) is 3.93. The van der Waals surface area contributed by atoms with Crippen LogP contribution in [0.25, 0.3) is 42.5 Å². The molecular formula is C27H16N2OS. The van der Waals surface area contributed by atoms with Crippen LogP contribution < -0.4 is 5.32 Å². The fourth-order valence-corrected chi connectivity index (χ4v) is 5.12. The molecule has 0 fully saturated rings. The number of benzene rings is 4. The smallest absolute Gasteiger partial charge is 0.135 e. The van der Waals surface area contributed by atoms with Crippen LogP contribution in [0.2, 0.25) is 0 Å². The summed E-state index contributed by atoms with van der Waals surface area (Å²) in [7, 11) is 0. The van der Waals surface area contributed by atoms with Crippen LogP contribution in [0.5, 0.6) is 0 Å². The maximum absolute atomic E-state index is 9.15. The van der Waals surface area contributed by atoms with Gasteiger partial charge in [0.25, 0.3) is 0 Å². The molecule has 2 heterocycles. The van der Waals surface area contributed by atoms with Gasteiger partial charge in [0.15, 0.2) is 0 Å². The molecule has 0 saturated carbocycles. The van der Waals surface area contributed by atoms with E-state index in [0.717, 1.165) is 38.4 Å². The van der Waals surface area contributed by atoms with Gasteiger partial charge in [0.2, 0.25) is 0 Å². The van der Waals surface area contributed by atoms with Gasteiger partial charge >= 0.3 is 0 Å². The molecule has 0 atom stereocenters. The zero-order chi connectivity index (χ0) is 20.8. The molecule has 0 aliphatic carbocycles. The first kappa shape index (κ1) is 17.8. The van der Waals surface area contributed by atoms with Gasteiger partial charge in [-0.2, -0.15) is 5.26 Å². The van der Waals surface area contributed by atoms with Crippen LogP contribution in [-0.2, 0) is 0 Å². The number of furan rings is 1. The Bertz CT molecular complexity index is 1580. The summed E-state index contributed by atoms with van der Waals surface area (Å²) in [4.78, 5) is 0. The third kappa shape index (κ3) is 3.13. The van der Waals surface area contributed by atoms with Crippen molar-refractivity contribution in [2.45, 2.75) is 0 Å². The SMILES string of the molecule is N#Cc1ccc2c(c1)sc1cc(Nc3ccc(-c4cc5ccccc5o4)cc3)ccc12. The van der Waals surface area contributed by atoms with Crippen molar-refractivity contribution in [3.8, 4) is 17.4 Å². The second-order valence-electron chi connectivity index (χ2n) is 7.49.